The fourth-order valence-electron chi connectivity index (χ4n) is 3.65. The van der Waals surface area contributed by atoms with Crippen molar-refractivity contribution in [2.45, 2.75) is 0 Å². The van der Waals surface area contributed by atoms with Gasteiger partial charge in [0.1, 0.15) is 5.70 Å². The van der Waals surface area contributed by atoms with E-state index in [4.69, 9.17) is 4.42 Å². The van der Waals surface area contributed by atoms with E-state index in [1.165, 1.54) is 11.2 Å². The van der Waals surface area contributed by atoms with Gasteiger partial charge in [0, 0.05) is 29.7 Å². The lowest BCUT2D eigenvalue weighted by molar-refractivity contribution is -0.883. The fraction of sp³-hybridized carbons (Fsp3) is 0.273. The molecule has 0 bridgehead atoms. The summed E-state index contributed by atoms with van der Waals surface area (Å²) >= 11 is 0. The van der Waals surface area contributed by atoms with Crippen molar-refractivity contribution in [2.75, 3.05) is 33.2 Å². The predicted molar refractivity (Wildman–Crippen MR) is 110 cm³/mol. The quantitative estimate of drug-likeness (QED) is 0.647. The molecule has 0 unspecified atom stereocenters. The summed E-state index contributed by atoms with van der Waals surface area (Å²) < 4.78 is 7.20. The molecule has 2 aromatic heterocycles. The first-order valence-corrected chi connectivity index (χ1v) is 9.74. The summed E-state index contributed by atoms with van der Waals surface area (Å²) in [5.41, 5.74) is 2.19. The van der Waals surface area contributed by atoms with Crippen LogP contribution < -0.4 is 10.2 Å². The molecule has 1 aromatic carbocycles. The molecular formula is C22H25N4O3+. The second kappa shape index (κ2) is 7.97. The number of benzene rings is 1. The molecule has 1 saturated heterocycles. The molecule has 3 heterocycles. The second-order valence-corrected chi connectivity index (χ2v) is 7.45. The molecule has 7 heteroatoms. The maximum atomic E-state index is 13.3. The third-order valence-electron chi connectivity index (χ3n) is 5.36. The summed E-state index contributed by atoms with van der Waals surface area (Å²) in [6.45, 7) is 3.10. The maximum absolute atomic E-state index is 13.3. The van der Waals surface area contributed by atoms with Gasteiger partial charge in [0.05, 0.1) is 39.5 Å². The highest BCUT2D eigenvalue weighted by Crippen LogP contribution is 2.23. The van der Waals surface area contributed by atoms with Crippen LogP contribution in [0.25, 0.3) is 17.0 Å². The number of hydrogen-bond donors (Lipinski definition) is 2. The molecule has 7 nitrogen and oxygen atoms in total. The van der Waals surface area contributed by atoms with Crippen molar-refractivity contribution in [3.63, 3.8) is 0 Å². The molecule has 1 aliphatic rings. The van der Waals surface area contributed by atoms with E-state index in [0.717, 1.165) is 29.6 Å². The van der Waals surface area contributed by atoms with Gasteiger partial charge in [-0.1, -0.05) is 18.2 Å². The molecule has 2 amide bonds. The zero-order valence-corrected chi connectivity index (χ0v) is 16.6. The monoisotopic (exact) mass is 393 g/mol. The number of hydrogen-bond acceptors (Lipinski definition) is 3. The Labute approximate surface area is 169 Å². The van der Waals surface area contributed by atoms with Gasteiger partial charge in [0.25, 0.3) is 11.8 Å². The van der Waals surface area contributed by atoms with Gasteiger partial charge in [0.2, 0.25) is 0 Å². The van der Waals surface area contributed by atoms with Crippen molar-refractivity contribution in [3.05, 3.63) is 65.9 Å². The molecule has 150 valence electrons. The SMILES string of the molecule is Cn1cc(/C=C(\NC(=O)c2ccco2)C(=O)N2CC[NH+](C)CC2)c2ccccc21. The fourth-order valence-corrected chi connectivity index (χ4v) is 3.65. The Hall–Kier alpha value is -3.32. The largest absolute Gasteiger partial charge is 0.459 e. The maximum Gasteiger partial charge on any atom is 0.291 e. The molecule has 0 radical (unpaired) electrons. The highest BCUT2D eigenvalue weighted by atomic mass is 16.3. The normalized spacial score (nSPS) is 15.7. The van der Waals surface area contributed by atoms with Crippen LogP contribution in [0.2, 0.25) is 0 Å². The lowest BCUT2D eigenvalue weighted by atomic mass is 10.1. The van der Waals surface area contributed by atoms with Crippen LogP contribution in [0.3, 0.4) is 0 Å². The Morgan fingerprint density at radius 1 is 1.14 bits per heavy atom. The summed E-state index contributed by atoms with van der Waals surface area (Å²) in [5, 5.41) is 3.79. The Balaban J connectivity index is 1.69. The number of amides is 2. The Morgan fingerprint density at radius 2 is 1.90 bits per heavy atom. The van der Waals surface area contributed by atoms with Gasteiger partial charge in [-0.05, 0) is 24.3 Å². The minimum absolute atomic E-state index is 0.171. The zero-order valence-electron chi connectivity index (χ0n) is 16.6. The minimum atomic E-state index is -0.436. The first-order valence-electron chi connectivity index (χ1n) is 9.74. The standard InChI is InChI=1S/C22H24N4O3/c1-24-9-11-26(12-10-24)22(28)18(23-21(27)20-8-5-13-29-20)14-16-15-25(2)19-7-4-3-6-17(16)19/h3-8,13-15H,9-12H2,1-2H3,(H,23,27)/p+1/b18-14-. The van der Waals surface area contributed by atoms with E-state index in [-0.39, 0.29) is 17.4 Å². The third kappa shape index (κ3) is 3.95. The molecule has 1 fully saturated rings. The van der Waals surface area contributed by atoms with Crippen LogP contribution >= 0.6 is 0 Å². The zero-order chi connectivity index (χ0) is 20.4. The Morgan fingerprint density at radius 3 is 2.62 bits per heavy atom. The van der Waals surface area contributed by atoms with E-state index in [1.807, 2.05) is 42.1 Å². The van der Waals surface area contributed by atoms with Crippen molar-refractivity contribution in [2.24, 2.45) is 7.05 Å². The summed E-state index contributed by atoms with van der Waals surface area (Å²) in [5.74, 6) is -0.440. The van der Waals surface area contributed by atoms with Gasteiger partial charge in [-0.3, -0.25) is 9.59 Å². The van der Waals surface area contributed by atoms with Crippen molar-refractivity contribution < 1.29 is 18.9 Å². The average molecular weight is 393 g/mol. The Bertz CT molecular complexity index is 1060. The topological polar surface area (TPSA) is 71.9 Å². The van der Waals surface area contributed by atoms with Crippen molar-refractivity contribution in [1.82, 2.24) is 14.8 Å². The van der Waals surface area contributed by atoms with Crippen LogP contribution in [-0.4, -0.2) is 54.5 Å². The van der Waals surface area contributed by atoms with E-state index in [1.54, 1.807) is 23.1 Å². The van der Waals surface area contributed by atoms with Crippen LogP contribution in [0.5, 0.6) is 0 Å². The number of para-hydroxylation sites is 1. The number of carbonyl (C=O) groups excluding carboxylic acids is 2. The summed E-state index contributed by atoms with van der Waals surface area (Å²) in [7, 11) is 4.08. The number of fused-ring (bicyclic) bond motifs is 1. The summed E-state index contributed by atoms with van der Waals surface area (Å²) in [4.78, 5) is 29.0. The number of quaternary nitrogens is 1. The van der Waals surface area contributed by atoms with E-state index >= 15 is 0 Å². The van der Waals surface area contributed by atoms with E-state index in [2.05, 4.69) is 12.4 Å². The van der Waals surface area contributed by atoms with E-state index in [9.17, 15) is 9.59 Å². The highest BCUT2D eigenvalue weighted by molar-refractivity contribution is 6.05. The molecule has 2 N–H and O–H groups in total. The molecule has 0 spiro atoms. The lowest BCUT2D eigenvalue weighted by Crippen LogP contribution is -3.12. The molecule has 0 atom stereocenters. The first-order chi connectivity index (χ1) is 14.0. The van der Waals surface area contributed by atoms with E-state index in [0.29, 0.717) is 13.1 Å². The lowest BCUT2D eigenvalue weighted by Gasteiger charge is -2.30. The van der Waals surface area contributed by atoms with Crippen molar-refractivity contribution >= 4 is 28.8 Å². The van der Waals surface area contributed by atoms with Gasteiger partial charge in [-0.25, -0.2) is 0 Å². The van der Waals surface area contributed by atoms with Crippen molar-refractivity contribution in [1.29, 1.82) is 0 Å². The van der Waals surface area contributed by atoms with Crippen LogP contribution in [0.1, 0.15) is 16.1 Å². The van der Waals surface area contributed by atoms with Crippen LogP contribution in [0.4, 0.5) is 0 Å². The number of rotatable bonds is 4. The molecule has 0 saturated carbocycles. The molecular weight excluding hydrogens is 368 g/mol. The van der Waals surface area contributed by atoms with Crippen LogP contribution in [0.15, 0.2) is 59.0 Å². The molecule has 0 aliphatic carbocycles. The molecule has 1 aliphatic heterocycles. The third-order valence-corrected chi connectivity index (χ3v) is 5.36. The second-order valence-electron chi connectivity index (χ2n) is 7.45. The number of piperazine rings is 1. The molecule has 29 heavy (non-hydrogen) atoms. The number of nitrogens with zero attached hydrogens (tertiary/aromatic N) is 2. The van der Waals surface area contributed by atoms with Crippen molar-refractivity contribution in [3.8, 4) is 0 Å². The van der Waals surface area contributed by atoms with Crippen LogP contribution in [0, 0.1) is 0 Å². The van der Waals surface area contributed by atoms with Gasteiger partial charge >= 0.3 is 0 Å². The number of aromatic nitrogens is 1. The predicted octanol–water partition coefficient (Wildman–Crippen LogP) is 0.899. The smallest absolute Gasteiger partial charge is 0.291 e. The number of likely N-dealkylation sites (N-methyl/N-ethyl adjacent to an activating group) is 1. The van der Waals surface area contributed by atoms with Crippen LogP contribution in [-0.2, 0) is 11.8 Å². The van der Waals surface area contributed by atoms with Gasteiger partial charge in [0.15, 0.2) is 5.76 Å². The average Bonchev–Trinajstić information content (AvgIpc) is 3.37. The molecule has 3 aromatic rings. The van der Waals surface area contributed by atoms with Gasteiger partial charge < -0.3 is 24.1 Å². The number of aryl methyl sites for hydroxylation is 1. The Kier molecular flexibility index (Phi) is 5.22. The van der Waals surface area contributed by atoms with Gasteiger partial charge in [-0.2, -0.15) is 0 Å². The van der Waals surface area contributed by atoms with E-state index < -0.39 is 5.91 Å². The summed E-state index contributed by atoms with van der Waals surface area (Å²) in [6.07, 6.45) is 5.16. The molecule has 4 rings (SSSR count). The first kappa shape index (κ1) is 19.0. The summed E-state index contributed by atoms with van der Waals surface area (Å²) in [6, 6.07) is 11.2. The number of carbonyl (C=O) groups is 2. The minimum Gasteiger partial charge on any atom is -0.459 e. The van der Waals surface area contributed by atoms with Gasteiger partial charge in [-0.15, -0.1) is 0 Å². The number of furan rings is 1. The number of nitrogens with one attached hydrogen (secondary N) is 2. The highest BCUT2D eigenvalue weighted by Gasteiger charge is 2.26.